The van der Waals surface area contributed by atoms with Crippen molar-refractivity contribution < 1.29 is 9.84 Å². The summed E-state index contributed by atoms with van der Waals surface area (Å²) in [5.74, 6) is 0.775. The molecule has 0 saturated carbocycles. The zero-order chi connectivity index (χ0) is 14.5. The van der Waals surface area contributed by atoms with Crippen LogP contribution in [0.2, 0.25) is 0 Å². The number of hydrogen-bond donors (Lipinski definition) is 2. The summed E-state index contributed by atoms with van der Waals surface area (Å²) in [5, 5.41) is 13.0. The van der Waals surface area contributed by atoms with Gasteiger partial charge in [-0.05, 0) is 51.9 Å². The van der Waals surface area contributed by atoms with Gasteiger partial charge in [0, 0.05) is 29.9 Å². The lowest BCUT2D eigenvalue weighted by Crippen LogP contribution is -2.42. The van der Waals surface area contributed by atoms with Crippen LogP contribution in [0, 0.1) is 0 Å². The molecule has 1 aliphatic rings. The Bertz CT molecular complexity index is 436. The fraction of sp³-hybridized carbons (Fsp3) is 0.625. The van der Waals surface area contributed by atoms with Crippen LogP contribution >= 0.6 is 0 Å². The minimum Gasteiger partial charge on any atom is -0.494 e. The normalized spacial score (nSPS) is 23.6. The van der Waals surface area contributed by atoms with Crippen LogP contribution in [0.1, 0.15) is 32.3 Å². The Kier molecular flexibility index (Phi) is 5.26. The Labute approximate surface area is 121 Å². The Morgan fingerprint density at radius 2 is 2.25 bits per heavy atom. The van der Waals surface area contributed by atoms with E-state index in [2.05, 4.69) is 24.2 Å². The zero-order valence-electron chi connectivity index (χ0n) is 12.7. The van der Waals surface area contributed by atoms with Gasteiger partial charge in [0.05, 0.1) is 13.2 Å². The fourth-order valence-corrected chi connectivity index (χ4v) is 2.75. The summed E-state index contributed by atoms with van der Waals surface area (Å²) in [6.07, 6.45) is 2.31. The number of benzene rings is 1. The van der Waals surface area contributed by atoms with Crippen molar-refractivity contribution in [2.45, 2.75) is 45.4 Å². The lowest BCUT2D eigenvalue weighted by molar-refractivity contribution is 0.190. The van der Waals surface area contributed by atoms with Crippen molar-refractivity contribution in [3.05, 3.63) is 23.8 Å². The van der Waals surface area contributed by atoms with Crippen molar-refractivity contribution in [3.63, 3.8) is 0 Å². The monoisotopic (exact) mass is 278 g/mol. The van der Waals surface area contributed by atoms with Gasteiger partial charge in [-0.3, -0.25) is 0 Å². The summed E-state index contributed by atoms with van der Waals surface area (Å²) in [7, 11) is 2.18. The standard InChI is InChI=1S/C16H26N2O2/c1-4-20-16-6-5-14(10-13(16)11-19)17-15-7-8-18(3)12(2)9-15/h5-6,10,12,15,17,19H,4,7-9,11H2,1-3H3. The van der Waals surface area contributed by atoms with E-state index in [1.54, 1.807) is 0 Å². The third kappa shape index (κ3) is 3.64. The van der Waals surface area contributed by atoms with Crippen LogP contribution in [0.3, 0.4) is 0 Å². The molecular formula is C16H26N2O2. The maximum Gasteiger partial charge on any atom is 0.124 e. The third-order valence-corrected chi connectivity index (χ3v) is 4.11. The van der Waals surface area contributed by atoms with Gasteiger partial charge < -0.3 is 20.1 Å². The Hall–Kier alpha value is -1.26. The van der Waals surface area contributed by atoms with E-state index in [4.69, 9.17) is 4.74 Å². The van der Waals surface area contributed by atoms with E-state index in [0.29, 0.717) is 18.7 Å². The molecule has 1 aliphatic heterocycles. The van der Waals surface area contributed by atoms with E-state index in [1.165, 1.54) is 0 Å². The first-order chi connectivity index (χ1) is 9.63. The van der Waals surface area contributed by atoms with Gasteiger partial charge in [0.1, 0.15) is 5.75 Å². The Morgan fingerprint density at radius 1 is 1.45 bits per heavy atom. The van der Waals surface area contributed by atoms with Gasteiger partial charge >= 0.3 is 0 Å². The molecule has 1 aromatic rings. The summed E-state index contributed by atoms with van der Waals surface area (Å²) in [4.78, 5) is 2.40. The summed E-state index contributed by atoms with van der Waals surface area (Å²) in [6.45, 7) is 5.97. The van der Waals surface area contributed by atoms with E-state index in [9.17, 15) is 5.11 Å². The maximum absolute atomic E-state index is 9.44. The molecule has 4 nitrogen and oxygen atoms in total. The molecule has 112 valence electrons. The second kappa shape index (κ2) is 6.95. The number of piperidine rings is 1. The van der Waals surface area contributed by atoms with E-state index in [1.807, 2.05) is 25.1 Å². The zero-order valence-corrected chi connectivity index (χ0v) is 12.7. The number of anilines is 1. The highest BCUT2D eigenvalue weighted by Gasteiger charge is 2.22. The number of nitrogens with one attached hydrogen (secondary N) is 1. The van der Waals surface area contributed by atoms with Gasteiger partial charge in [0.2, 0.25) is 0 Å². The highest BCUT2D eigenvalue weighted by Crippen LogP contribution is 2.25. The molecule has 1 saturated heterocycles. The number of aliphatic hydroxyl groups excluding tert-OH is 1. The number of hydrogen-bond acceptors (Lipinski definition) is 4. The van der Waals surface area contributed by atoms with Crippen molar-refractivity contribution in [1.29, 1.82) is 0 Å². The summed E-state index contributed by atoms with van der Waals surface area (Å²) < 4.78 is 5.51. The Morgan fingerprint density at radius 3 is 2.90 bits per heavy atom. The second-order valence-corrected chi connectivity index (χ2v) is 5.61. The molecule has 2 rings (SSSR count). The molecule has 20 heavy (non-hydrogen) atoms. The number of ether oxygens (including phenoxy) is 1. The second-order valence-electron chi connectivity index (χ2n) is 5.61. The highest BCUT2D eigenvalue weighted by atomic mass is 16.5. The molecule has 0 aromatic heterocycles. The van der Waals surface area contributed by atoms with Crippen molar-refractivity contribution in [3.8, 4) is 5.75 Å². The molecule has 1 fully saturated rings. The molecule has 2 atom stereocenters. The molecule has 1 aromatic carbocycles. The maximum atomic E-state index is 9.44. The van der Waals surface area contributed by atoms with E-state index >= 15 is 0 Å². The van der Waals surface area contributed by atoms with Gasteiger partial charge in [0.15, 0.2) is 0 Å². The molecule has 0 spiro atoms. The van der Waals surface area contributed by atoms with Crippen LogP contribution in [0.15, 0.2) is 18.2 Å². The molecule has 0 aliphatic carbocycles. The SMILES string of the molecule is CCOc1ccc(NC2CCN(C)C(C)C2)cc1CO. The van der Waals surface area contributed by atoms with E-state index < -0.39 is 0 Å². The number of rotatable bonds is 5. The van der Waals surface area contributed by atoms with Crippen LogP contribution in [-0.2, 0) is 6.61 Å². The van der Waals surface area contributed by atoms with Crippen molar-refractivity contribution >= 4 is 5.69 Å². The average molecular weight is 278 g/mol. The molecule has 0 amide bonds. The van der Waals surface area contributed by atoms with Crippen molar-refractivity contribution in [2.24, 2.45) is 0 Å². The number of aliphatic hydroxyl groups is 1. The fourth-order valence-electron chi connectivity index (χ4n) is 2.75. The molecule has 2 N–H and O–H groups in total. The quantitative estimate of drug-likeness (QED) is 0.868. The Balaban J connectivity index is 2.02. The molecule has 1 heterocycles. The summed E-state index contributed by atoms with van der Waals surface area (Å²) >= 11 is 0. The van der Waals surface area contributed by atoms with E-state index in [0.717, 1.165) is 36.4 Å². The summed E-state index contributed by atoms with van der Waals surface area (Å²) in [6, 6.07) is 7.09. The third-order valence-electron chi connectivity index (χ3n) is 4.11. The molecule has 4 heteroatoms. The predicted octanol–water partition coefficient (Wildman–Crippen LogP) is 2.47. The molecule has 0 bridgehead atoms. The number of nitrogens with zero attached hydrogens (tertiary/aromatic N) is 1. The summed E-state index contributed by atoms with van der Waals surface area (Å²) in [5.41, 5.74) is 1.91. The van der Waals surface area contributed by atoms with Crippen LogP contribution in [0.4, 0.5) is 5.69 Å². The van der Waals surface area contributed by atoms with Gasteiger partial charge in [0.25, 0.3) is 0 Å². The number of likely N-dealkylation sites (tertiary alicyclic amines) is 1. The largest absolute Gasteiger partial charge is 0.494 e. The minimum atomic E-state index is 0.00859. The topological polar surface area (TPSA) is 44.7 Å². The van der Waals surface area contributed by atoms with Gasteiger partial charge in [-0.2, -0.15) is 0 Å². The smallest absolute Gasteiger partial charge is 0.124 e. The van der Waals surface area contributed by atoms with Gasteiger partial charge in [-0.1, -0.05) is 0 Å². The minimum absolute atomic E-state index is 0.00859. The molecule has 2 unspecified atom stereocenters. The first-order valence-electron chi connectivity index (χ1n) is 7.47. The van der Waals surface area contributed by atoms with Crippen molar-refractivity contribution in [1.82, 2.24) is 4.90 Å². The highest BCUT2D eigenvalue weighted by molar-refractivity contribution is 5.51. The van der Waals surface area contributed by atoms with E-state index in [-0.39, 0.29) is 6.61 Å². The lowest BCUT2D eigenvalue weighted by Gasteiger charge is -2.35. The predicted molar refractivity (Wildman–Crippen MR) is 82.3 cm³/mol. The van der Waals surface area contributed by atoms with Crippen LogP contribution in [0.5, 0.6) is 5.75 Å². The first kappa shape index (κ1) is 15.1. The van der Waals surface area contributed by atoms with Crippen molar-refractivity contribution in [2.75, 3.05) is 25.5 Å². The van der Waals surface area contributed by atoms with Gasteiger partial charge in [-0.25, -0.2) is 0 Å². The van der Waals surface area contributed by atoms with Crippen LogP contribution in [0.25, 0.3) is 0 Å². The van der Waals surface area contributed by atoms with Crippen LogP contribution < -0.4 is 10.1 Å². The lowest BCUT2D eigenvalue weighted by atomic mass is 9.98. The molecule has 0 radical (unpaired) electrons. The average Bonchev–Trinajstić information content (AvgIpc) is 2.45. The van der Waals surface area contributed by atoms with Crippen LogP contribution in [-0.4, -0.2) is 42.3 Å². The first-order valence-corrected chi connectivity index (χ1v) is 7.47. The van der Waals surface area contributed by atoms with Gasteiger partial charge in [-0.15, -0.1) is 0 Å². The molecular weight excluding hydrogens is 252 g/mol.